The summed E-state index contributed by atoms with van der Waals surface area (Å²) in [5.41, 5.74) is 0.427. The van der Waals surface area contributed by atoms with Gasteiger partial charge in [0.15, 0.2) is 4.91 Å². The lowest BCUT2D eigenvalue weighted by molar-refractivity contribution is -0.135. The van der Waals surface area contributed by atoms with Crippen LogP contribution < -0.4 is 5.32 Å². The van der Waals surface area contributed by atoms with Gasteiger partial charge >= 0.3 is 5.97 Å². The van der Waals surface area contributed by atoms with Gasteiger partial charge in [-0.15, -0.1) is 0 Å². The summed E-state index contributed by atoms with van der Waals surface area (Å²) < 4.78 is 42.5. The SMILES string of the molecule is COC(=O)/C(=C/Nc1ccc(F)cc1)S(=O)(=O)c1ccccc1. The highest BCUT2D eigenvalue weighted by Crippen LogP contribution is 2.20. The number of esters is 1. The maximum atomic E-state index is 12.9. The van der Waals surface area contributed by atoms with Crippen molar-refractivity contribution in [3.63, 3.8) is 0 Å². The van der Waals surface area contributed by atoms with Crippen LogP contribution in [0.25, 0.3) is 0 Å². The first-order chi connectivity index (χ1) is 10.9. The largest absolute Gasteiger partial charge is 0.465 e. The van der Waals surface area contributed by atoms with Crippen LogP contribution in [0.1, 0.15) is 0 Å². The van der Waals surface area contributed by atoms with Crippen molar-refractivity contribution >= 4 is 21.5 Å². The van der Waals surface area contributed by atoms with E-state index >= 15 is 0 Å². The van der Waals surface area contributed by atoms with Gasteiger partial charge in [0.05, 0.1) is 12.0 Å². The van der Waals surface area contributed by atoms with Crippen molar-refractivity contribution in [1.29, 1.82) is 0 Å². The predicted octanol–water partition coefficient (Wildman–Crippen LogP) is 2.73. The minimum Gasteiger partial charge on any atom is -0.465 e. The Kier molecular flexibility index (Phi) is 5.13. The van der Waals surface area contributed by atoms with Gasteiger partial charge in [-0.1, -0.05) is 18.2 Å². The predicted molar refractivity (Wildman–Crippen MR) is 83.7 cm³/mol. The van der Waals surface area contributed by atoms with Gasteiger partial charge in [-0.2, -0.15) is 0 Å². The molecule has 7 heteroatoms. The van der Waals surface area contributed by atoms with Crippen molar-refractivity contribution in [3.8, 4) is 0 Å². The van der Waals surface area contributed by atoms with E-state index in [1.54, 1.807) is 18.2 Å². The van der Waals surface area contributed by atoms with E-state index in [0.717, 1.165) is 13.3 Å². The Balaban J connectivity index is 2.39. The highest BCUT2D eigenvalue weighted by atomic mass is 32.2. The molecule has 1 N–H and O–H groups in total. The van der Waals surface area contributed by atoms with Crippen LogP contribution in [-0.2, 0) is 19.4 Å². The summed E-state index contributed by atoms with van der Waals surface area (Å²) in [5.74, 6) is -1.42. The summed E-state index contributed by atoms with van der Waals surface area (Å²) in [7, 11) is -2.95. The maximum Gasteiger partial charge on any atom is 0.351 e. The quantitative estimate of drug-likeness (QED) is 0.672. The second kappa shape index (κ2) is 7.06. The normalized spacial score (nSPS) is 11.8. The summed E-state index contributed by atoms with van der Waals surface area (Å²) in [6, 6.07) is 12.8. The van der Waals surface area contributed by atoms with Gasteiger partial charge in [-0.3, -0.25) is 0 Å². The van der Waals surface area contributed by atoms with Crippen LogP contribution in [0.5, 0.6) is 0 Å². The van der Waals surface area contributed by atoms with E-state index in [4.69, 9.17) is 0 Å². The number of anilines is 1. The second-order valence-corrected chi connectivity index (χ2v) is 6.39. The molecule has 0 fully saturated rings. The van der Waals surface area contributed by atoms with E-state index in [1.165, 1.54) is 36.4 Å². The molecule has 0 amide bonds. The van der Waals surface area contributed by atoms with E-state index in [-0.39, 0.29) is 4.90 Å². The summed E-state index contributed by atoms with van der Waals surface area (Å²) in [5, 5.41) is 2.65. The monoisotopic (exact) mass is 335 g/mol. The molecular weight excluding hydrogens is 321 g/mol. The van der Waals surface area contributed by atoms with Crippen LogP contribution in [0.3, 0.4) is 0 Å². The summed E-state index contributed by atoms with van der Waals surface area (Å²) in [6.07, 6.45) is 1.03. The third kappa shape index (κ3) is 3.95. The maximum absolute atomic E-state index is 12.9. The molecule has 2 rings (SSSR count). The molecular formula is C16H14FNO4S. The van der Waals surface area contributed by atoms with E-state index < -0.39 is 26.5 Å². The van der Waals surface area contributed by atoms with Crippen LogP contribution in [0.2, 0.25) is 0 Å². The number of carbonyl (C=O) groups is 1. The van der Waals surface area contributed by atoms with Gasteiger partial charge in [-0.25, -0.2) is 17.6 Å². The van der Waals surface area contributed by atoms with E-state index in [1.807, 2.05) is 0 Å². The molecule has 0 aliphatic rings. The molecule has 0 aromatic heterocycles. The molecule has 2 aromatic carbocycles. The van der Waals surface area contributed by atoms with E-state index in [2.05, 4.69) is 10.1 Å². The molecule has 120 valence electrons. The Morgan fingerprint density at radius 3 is 2.26 bits per heavy atom. The van der Waals surface area contributed by atoms with Crippen molar-refractivity contribution in [3.05, 3.63) is 71.5 Å². The van der Waals surface area contributed by atoms with E-state index in [9.17, 15) is 17.6 Å². The lowest BCUT2D eigenvalue weighted by atomic mass is 10.3. The molecule has 5 nitrogen and oxygen atoms in total. The molecule has 0 saturated heterocycles. The number of sulfone groups is 1. The van der Waals surface area contributed by atoms with Crippen LogP contribution in [0, 0.1) is 5.82 Å². The van der Waals surface area contributed by atoms with Gasteiger partial charge in [0, 0.05) is 11.9 Å². The molecule has 0 aliphatic heterocycles. The molecule has 0 bridgehead atoms. The molecule has 0 atom stereocenters. The molecule has 23 heavy (non-hydrogen) atoms. The zero-order chi connectivity index (χ0) is 16.9. The lowest BCUT2D eigenvalue weighted by Crippen LogP contribution is -2.16. The number of nitrogens with one attached hydrogen (secondary N) is 1. The third-order valence-corrected chi connectivity index (χ3v) is 4.70. The fraction of sp³-hybridized carbons (Fsp3) is 0.0625. The first kappa shape index (κ1) is 16.7. The van der Waals surface area contributed by atoms with Gasteiger partial charge in [0.1, 0.15) is 5.82 Å². The van der Waals surface area contributed by atoms with Crippen LogP contribution in [0.15, 0.2) is 70.6 Å². The van der Waals surface area contributed by atoms with Crippen molar-refractivity contribution < 1.29 is 22.3 Å². The fourth-order valence-corrected chi connectivity index (χ4v) is 3.05. The zero-order valence-corrected chi connectivity index (χ0v) is 13.0. The number of hydrogen-bond acceptors (Lipinski definition) is 5. The standard InChI is InChI=1S/C16H14FNO4S/c1-22-16(19)15(11-18-13-9-7-12(17)8-10-13)23(20,21)14-5-3-2-4-6-14/h2-11,18H,1H3/b15-11-. The molecule has 2 aromatic rings. The first-order valence-corrected chi connectivity index (χ1v) is 8.04. The second-order valence-electron chi connectivity index (χ2n) is 4.47. The summed E-state index contributed by atoms with van der Waals surface area (Å²) in [6.45, 7) is 0. The number of ether oxygens (including phenoxy) is 1. The minimum atomic E-state index is -4.04. The number of methoxy groups -OCH3 is 1. The zero-order valence-electron chi connectivity index (χ0n) is 12.2. The number of halogens is 1. The van der Waals surface area contributed by atoms with Crippen LogP contribution in [0.4, 0.5) is 10.1 Å². The lowest BCUT2D eigenvalue weighted by Gasteiger charge is -2.08. The van der Waals surface area contributed by atoms with Gasteiger partial charge in [0.25, 0.3) is 0 Å². The number of benzene rings is 2. The minimum absolute atomic E-state index is 0.0300. The first-order valence-electron chi connectivity index (χ1n) is 6.56. The molecule has 0 aliphatic carbocycles. The molecule has 0 heterocycles. The van der Waals surface area contributed by atoms with Crippen molar-refractivity contribution in [2.24, 2.45) is 0 Å². The molecule has 0 saturated carbocycles. The molecule has 0 radical (unpaired) electrons. The van der Waals surface area contributed by atoms with Crippen molar-refractivity contribution in [2.45, 2.75) is 4.90 Å². The highest BCUT2D eigenvalue weighted by Gasteiger charge is 2.27. The molecule has 0 unspecified atom stereocenters. The Bertz CT molecular complexity index is 815. The van der Waals surface area contributed by atoms with Gasteiger partial charge in [0.2, 0.25) is 9.84 Å². The third-order valence-electron chi connectivity index (χ3n) is 2.94. The van der Waals surface area contributed by atoms with Gasteiger partial charge < -0.3 is 10.1 Å². The smallest absolute Gasteiger partial charge is 0.351 e. The average Bonchev–Trinajstić information content (AvgIpc) is 2.57. The van der Waals surface area contributed by atoms with E-state index in [0.29, 0.717) is 5.69 Å². The Morgan fingerprint density at radius 1 is 1.09 bits per heavy atom. The van der Waals surface area contributed by atoms with Gasteiger partial charge in [-0.05, 0) is 36.4 Å². The summed E-state index contributed by atoms with van der Waals surface area (Å²) in [4.78, 5) is 11.3. The number of carbonyl (C=O) groups excluding carboxylic acids is 1. The fourth-order valence-electron chi connectivity index (χ4n) is 1.77. The summed E-state index contributed by atoms with van der Waals surface area (Å²) >= 11 is 0. The van der Waals surface area contributed by atoms with Crippen molar-refractivity contribution in [2.75, 3.05) is 12.4 Å². The van der Waals surface area contributed by atoms with Crippen LogP contribution in [-0.4, -0.2) is 21.5 Å². The van der Waals surface area contributed by atoms with Crippen LogP contribution >= 0.6 is 0 Å². The van der Waals surface area contributed by atoms with Crippen molar-refractivity contribution in [1.82, 2.24) is 0 Å². The Morgan fingerprint density at radius 2 is 1.70 bits per heavy atom. The average molecular weight is 335 g/mol. The number of rotatable bonds is 5. The Hall–Kier alpha value is -2.67. The number of hydrogen-bond donors (Lipinski definition) is 1. The highest BCUT2D eigenvalue weighted by molar-refractivity contribution is 7.96. The molecule has 0 spiro atoms. The Labute approximate surface area is 133 Å². The topological polar surface area (TPSA) is 72.5 Å².